The van der Waals surface area contributed by atoms with Crippen LogP contribution in [0.15, 0.2) is 60.1 Å². The van der Waals surface area contributed by atoms with Gasteiger partial charge in [-0.2, -0.15) is 0 Å². The summed E-state index contributed by atoms with van der Waals surface area (Å²) >= 11 is 7.23. The zero-order chi connectivity index (χ0) is 29.3. The molecule has 218 valence electrons. The van der Waals surface area contributed by atoms with Crippen molar-refractivity contribution in [2.45, 2.75) is 49.3 Å². The molecule has 7 atom stereocenters. The second-order valence-corrected chi connectivity index (χ2v) is 10.9. The molecule has 0 saturated carbocycles. The molecule has 0 aliphatic carbocycles. The number of nitrogens with zero attached hydrogens (tertiary/aromatic N) is 3. The van der Waals surface area contributed by atoms with Crippen LogP contribution in [0.5, 0.6) is 0 Å². The van der Waals surface area contributed by atoms with Gasteiger partial charge >= 0.3 is 0 Å². The quantitative estimate of drug-likeness (QED) is 0.212. The molecule has 1 aliphatic heterocycles. The van der Waals surface area contributed by atoms with Crippen LogP contribution in [0.3, 0.4) is 0 Å². The molecule has 14 heteroatoms. The van der Waals surface area contributed by atoms with Gasteiger partial charge in [0.25, 0.3) is 0 Å². The van der Waals surface area contributed by atoms with Crippen molar-refractivity contribution >= 4 is 22.9 Å². The number of aliphatic hydroxyl groups excluding tert-OH is 4. The number of thiophene rings is 1. The van der Waals surface area contributed by atoms with E-state index in [4.69, 9.17) is 21.1 Å². The number of aliphatic hydroxyl groups is 4. The van der Waals surface area contributed by atoms with Gasteiger partial charge in [0.15, 0.2) is 17.5 Å². The van der Waals surface area contributed by atoms with Crippen LogP contribution in [-0.4, -0.2) is 72.5 Å². The molecule has 3 heterocycles. The molecule has 1 saturated heterocycles. The Balaban J connectivity index is 1.47. The average molecular weight is 612 g/mol. The lowest BCUT2D eigenvalue weighted by molar-refractivity contribution is -0.249. The average Bonchev–Trinajstić information content (AvgIpc) is 3.67. The van der Waals surface area contributed by atoms with Gasteiger partial charge in [-0.05, 0) is 41.3 Å². The van der Waals surface area contributed by atoms with Crippen molar-refractivity contribution in [3.63, 3.8) is 0 Å². The second kappa shape index (κ2) is 12.5. The maximum Gasteiger partial charge on any atom is 0.194 e. The van der Waals surface area contributed by atoms with Crippen LogP contribution in [0.2, 0.25) is 5.02 Å². The third-order valence-corrected chi connectivity index (χ3v) is 8.04. The highest BCUT2D eigenvalue weighted by atomic mass is 35.5. The first-order chi connectivity index (χ1) is 19.7. The maximum atomic E-state index is 13.8. The Kier molecular flexibility index (Phi) is 9.06. The van der Waals surface area contributed by atoms with E-state index in [1.807, 2.05) is 0 Å². The third-order valence-electron chi connectivity index (χ3n) is 6.85. The zero-order valence-corrected chi connectivity index (χ0v) is 22.7. The summed E-state index contributed by atoms with van der Waals surface area (Å²) in [7, 11) is 0. The van der Waals surface area contributed by atoms with Gasteiger partial charge in [-0.3, -0.25) is 0 Å². The highest BCUT2D eigenvalue weighted by Gasteiger charge is 2.50. The van der Waals surface area contributed by atoms with Crippen LogP contribution >= 0.6 is 22.9 Å². The van der Waals surface area contributed by atoms with Crippen molar-refractivity contribution in [3.05, 3.63) is 93.0 Å². The highest BCUT2D eigenvalue weighted by Crippen LogP contribution is 2.37. The topological polar surface area (TPSA) is 130 Å². The number of benzene rings is 2. The Morgan fingerprint density at radius 1 is 1.07 bits per heavy atom. The van der Waals surface area contributed by atoms with Crippen LogP contribution in [-0.2, 0) is 16.1 Å². The fraction of sp³-hybridized carbons (Fsp3) is 0.333. The molecule has 41 heavy (non-hydrogen) atoms. The standard InChI is InChI=1S/C27H25ClF3N3O6S/c28-15-5-3-13(4-6-15)12-39-26(24(37)20-2-1-7-41-20)27-25(38)22(23(36)19(11-35)40-27)34-10-18(32-33-34)14-8-16(29)21(31)17(30)9-14/h1-10,19,22-27,35-38H,11-12H2/t19?,22-,23-,24+,25?,26+,27+/m0/s1. The van der Waals surface area contributed by atoms with Crippen molar-refractivity contribution in [1.29, 1.82) is 0 Å². The number of hydrogen-bond acceptors (Lipinski definition) is 9. The van der Waals surface area contributed by atoms with Gasteiger partial charge in [0.1, 0.15) is 48.4 Å². The van der Waals surface area contributed by atoms with Crippen molar-refractivity contribution in [1.82, 2.24) is 15.0 Å². The van der Waals surface area contributed by atoms with Crippen LogP contribution in [0, 0.1) is 17.5 Å². The summed E-state index contributed by atoms with van der Waals surface area (Å²) in [6, 6.07) is 10.4. The molecule has 4 aromatic rings. The Morgan fingerprint density at radius 3 is 2.41 bits per heavy atom. The molecular formula is C27H25ClF3N3O6S. The molecule has 2 aromatic heterocycles. The first-order valence-electron chi connectivity index (χ1n) is 12.4. The number of hydrogen-bond donors (Lipinski definition) is 4. The molecule has 0 amide bonds. The van der Waals surface area contributed by atoms with E-state index in [1.165, 1.54) is 17.5 Å². The molecule has 0 radical (unpaired) electrons. The smallest absolute Gasteiger partial charge is 0.194 e. The van der Waals surface area contributed by atoms with E-state index in [-0.39, 0.29) is 17.9 Å². The first-order valence-corrected chi connectivity index (χ1v) is 13.7. The largest absolute Gasteiger partial charge is 0.394 e. The van der Waals surface area contributed by atoms with Crippen molar-refractivity contribution < 1.29 is 43.1 Å². The van der Waals surface area contributed by atoms with Gasteiger partial charge in [0.05, 0.1) is 19.4 Å². The Hall–Kier alpha value is -2.88. The molecule has 5 rings (SSSR count). The summed E-state index contributed by atoms with van der Waals surface area (Å²) in [5, 5.41) is 53.8. The van der Waals surface area contributed by atoms with Crippen molar-refractivity contribution in [2.24, 2.45) is 0 Å². The van der Waals surface area contributed by atoms with Gasteiger partial charge in [-0.1, -0.05) is 35.0 Å². The molecular weight excluding hydrogens is 587 g/mol. The predicted octanol–water partition coefficient (Wildman–Crippen LogP) is 3.42. The summed E-state index contributed by atoms with van der Waals surface area (Å²) in [6.07, 6.45) is -6.87. The number of rotatable bonds is 9. The number of halogens is 4. The Labute approximate surface area is 241 Å². The maximum absolute atomic E-state index is 13.8. The van der Waals surface area contributed by atoms with E-state index < -0.39 is 66.7 Å². The normalized spacial score (nSPS) is 24.3. The minimum absolute atomic E-state index is 0.00301. The van der Waals surface area contributed by atoms with Crippen LogP contribution in [0.1, 0.15) is 22.6 Å². The lowest BCUT2D eigenvalue weighted by Crippen LogP contribution is -2.60. The zero-order valence-electron chi connectivity index (χ0n) is 21.1. The van der Waals surface area contributed by atoms with E-state index in [1.54, 1.807) is 41.8 Å². The minimum Gasteiger partial charge on any atom is -0.394 e. The summed E-state index contributed by atoms with van der Waals surface area (Å²) < 4.78 is 54.1. The van der Waals surface area contributed by atoms with E-state index in [2.05, 4.69) is 10.3 Å². The van der Waals surface area contributed by atoms with Gasteiger partial charge < -0.3 is 29.9 Å². The Bertz CT molecular complexity index is 1440. The van der Waals surface area contributed by atoms with Gasteiger partial charge in [0.2, 0.25) is 0 Å². The molecule has 2 aromatic carbocycles. The van der Waals surface area contributed by atoms with Gasteiger partial charge in [-0.15, -0.1) is 16.4 Å². The van der Waals surface area contributed by atoms with E-state index in [0.29, 0.717) is 9.90 Å². The summed E-state index contributed by atoms with van der Waals surface area (Å²) in [5.41, 5.74) is 0.522. The molecule has 2 unspecified atom stereocenters. The van der Waals surface area contributed by atoms with E-state index >= 15 is 0 Å². The molecule has 4 N–H and O–H groups in total. The van der Waals surface area contributed by atoms with E-state index in [0.717, 1.165) is 22.4 Å². The minimum atomic E-state index is -1.64. The molecule has 1 aliphatic rings. The lowest BCUT2D eigenvalue weighted by atomic mass is 9.88. The lowest BCUT2D eigenvalue weighted by Gasteiger charge is -2.45. The van der Waals surface area contributed by atoms with E-state index in [9.17, 15) is 33.6 Å². The van der Waals surface area contributed by atoms with Crippen LogP contribution in [0.4, 0.5) is 13.2 Å². The fourth-order valence-corrected chi connectivity index (χ4v) is 5.60. The Morgan fingerprint density at radius 2 is 1.78 bits per heavy atom. The highest BCUT2D eigenvalue weighted by molar-refractivity contribution is 7.10. The van der Waals surface area contributed by atoms with Crippen molar-refractivity contribution in [3.8, 4) is 11.3 Å². The predicted molar refractivity (Wildman–Crippen MR) is 141 cm³/mol. The molecule has 0 spiro atoms. The van der Waals surface area contributed by atoms with Crippen LogP contribution < -0.4 is 0 Å². The SMILES string of the molecule is OCC1O[C@@H]([C@H](OCc2ccc(Cl)cc2)[C@H](O)c2cccs2)C(O)[C@@H](n2cc(-c3cc(F)c(F)c(F)c3)nn2)[C@H]1O. The van der Waals surface area contributed by atoms with Crippen LogP contribution in [0.25, 0.3) is 11.3 Å². The molecule has 0 bridgehead atoms. The summed E-state index contributed by atoms with van der Waals surface area (Å²) in [6.45, 7) is -0.654. The fourth-order valence-electron chi connectivity index (χ4n) is 4.73. The molecule has 1 fully saturated rings. The summed E-state index contributed by atoms with van der Waals surface area (Å²) in [5.74, 6) is -4.49. The second-order valence-electron chi connectivity index (χ2n) is 9.49. The van der Waals surface area contributed by atoms with Gasteiger partial charge in [0, 0.05) is 15.5 Å². The van der Waals surface area contributed by atoms with Gasteiger partial charge in [-0.25, -0.2) is 17.9 Å². The monoisotopic (exact) mass is 611 g/mol. The third kappa shape index (κ3) is 6.17. The summed E-state index contributed by atoms with van der Waals surface area (Å²) in [4.78, 5) is 0.522. The number of aromatic nitrogens is 3. The van der Waals surface area contributed by atoms with Crippen molar-refractivity contribution in [2.75, 3.05) is 6.61 Å². The first kappa shape index (κ1) is 29.6. The number of ether oxygens (including phenoxy) is 2. The molecule has 9 nitrogen and oxygen atoms in total.